The third-order valence-electron chi connectivity index (χ3n) is 3.15. The lowest BCUT2D eigenvalue weighted by Gasteiger charge is -2.13. The Labute approximate surface area is 133 Å². The fourth-order valence-electron chi connectivity index (χ4n) is 1.82. The van der Waals surface area contributed by atoms with Gasteiger partial charge >= 0.3 is 10.1 Å². The van der Waals surface area contributed by atoms with Crippen LogP contribution in [0.2, 0.25) is 0 Å². The lowest BCUT2D eigenvalue weighted by molar-refractivity contribution is 0.398. The molecule has 2 aromatic rings. The van der Waals surface area contributed by atoms with Gasteiger partial charge < -0.3 is 8.92 Å². The molecule has 2 aromatic carbocycles. The molecule has 0 radical (unpaired) electrons. The highest BCUT2D eigenvalue weighted by Crippen LogP contribution is 2.31. The first kappa shape index (κ1) is 15.9. The smallest absolute Gasteiger partial charge is 0.342 e. The molecule has 2 rings (SSSR count). The SMILES string of the molecule is COc1ccc(Br)cc1S(=O)(=O)Oc1cccc(C)c1C. The number of hydrogen-bond acceptors (Lipinski definition) is 4. The molecule has 0 aromatic heterocycles. The molecule has 0 unspecified atom stereocenters. The summed E-state index contributed by atoms with van der Waals surface area (Å²) in [5.74, 6) is 0.556. The third kappa shape index (κ3) is 3.39. The van der Waals surface area contributed by atoms with Crippen LogP contribution in [0.5, 0.6) is 11.5 Å². The summed E-state index contributed by atoms with van der Waals surface area (Å²) < 4.78 is 35.9. The van der Waals surface area contributed by atoms with Crippen molar-refractivity contribution in [1.82, 2.24) is 0 Å². The second kappa shape index (κ2) is 6.07. The van der Waals surface area contributed by atoms with Gasteiger partial charge in [0.15, 0.2) is 0 Å². The van der Waals surface area contributed by atoms with Gasteiger partial charge in [-0.1, -0.05) is 28.1 Å². The molecule has 0 N–H and O–H groups in total. The van der Waals surface area contributed by atoms with Gasteiger partial charge in [-0.3, -0.25) is 0 Å². The van der Waals surface area contributed by atoms with Crippen LogP contribution in [0.3, 0.4) is 0 Å². The van der Waals surface area contributed by atoms with Crippen LogP contribution in [-0.4, -0.2) is 15.5 Å². The molecule has 0 heterocycles. The van der Waals surface area contributed by atoms with Crippen molar-refractivity contribution in [3.63, 3.8) is 0 Å². The summed E-state index contributed by atoms with van der Waals surface area (Å²) >= 11 is 3.25. The molecule has 6 heteroatoms. The number of benzene rings is 2. The molecule has 0 spiro atoms. The lowest BCUT2D eigenvalue weighted by atomic mass is 10.1. The normalized spacial score (nSPS) is 11.2. The van der Waals surface area contributed by atoms with Crippen LogP contribution in [-0.2, 0) is 10.1 Å². The van der Waals surface area contributed by atoms with Crippen LogP contribution in [0.1, 0.15) is 11.1 Å². The maximum Gasteiger partial charge on any atom is 0.342 e. The number of hydrogen-bond donors (Lipinski definition) is 0. The van der Waals surface area contributed by atoms with Gasteiger partial charge in [0.1, 0.15) is 16.4 Å². The number of ether oxygens (including phenoxy) is 1. The molecular formula is C15H15BrO4S. The Morgan fingerprint density at radius 3 is 2.43 bits per heavy atom. The van der Waals surface area contributed by atoms with Gasteiger partial charge in [0.2, 0.25) is 0 Å². The van der Waals surface area contributed by atoms with E-state index in [0.29, 0.717) is 10.2 Å². The van der Waals surface area contributed by atoms with Gasteiger partial charge in [-0.05, 0) is 49.2 Å². The summed E-state index contributed by atoms with van der Waals surface area (Å²) in [6.07, 6.45) is 0. The number of aryl methyl sites for hydroxylation is 1. The topological polar surface area (TPSA) is 52.6 Å². The molecule has 112 valence electrons. The zero-order valence-corrected chi connectivity index (χ0v) is 14.3. The van der Waals surface area contributed by atoms with E-state index in [2.05, 4.69) is 15.9 Å². The van der Waals surface area contributed by atoms with Gasteiger partial charge in [-0.25, -0.2) is 0 Å². The van der Waals surface area contributed by atoms with E-state index in [9.17, 15) is 8.42 Å². The first-order chi connectivity index (χ1) is 9.85. The zero-order valence-electron chi connectivity index (χ0n) is 11.9. The molecule has 0 atom stereocenters. The van der Waals surface area contributed by atoms with Gasteiger partial charge in [-0.2, -0.15) is 8.42 Å². The summed E-state index contributed by atoms with van der Waals surface area (Å²) in [6, 6.07) is 10.0. The lowest BCUT2D eigenvalue weighted by Crippen LogP contribution is -2.12. The molecule has 0 saturated heterocycles. The Kier molecular flexibility index (Phi) is 4.58. The van der Waals surface area contributed by atoms with Gasteiger partial charge in [-0.15, -0.1) is 0 Å². The molecular weight excluding hydrogens is 356 g/mol. The fourth-order valence-corrected chi connectivity index (χ4v) is 3.51. The highest BCUT2D eigenvalue weighted by molar-refractivity contribution is 9.10. The zero-order chi connectivity index (χ0) is 15.6. The van der Waals surface area contributed by atoms with Crippen molar-refractivity contribution in [2.75, 3.05) is 7.11 Å². The van der Waals surface area contributed by atoms with Crippen molar-refractivity contribution in [2.45, 2.75) is 18.7 Å². The van der Waals surface area contributed by atoms with Gasteiger partial charge in [0, 0.05) is 4.47 Å². The summed E-state index contributed by atoms with van der Waals surface area (Å²) in [5.41, 5.74) is 1.75. The predicted octanol–water partition coefficient (Wildman–Crippen LogP) is 3.84. The predicted molar refractivity (Wildman–Crippen MR) is 84.4 cm³/mol. The van der Waals surface area contributed by atoms with E-state index >= 15 is 0 Å². The Morgan fingerprint density at radius 1 is 1.05 bits per heavy atom. The largest absolute Gasteiger partial charge is 0.495 e. The van der Waals surface area contributed by atoms with Crippen molar-refractivity contribution in [3.8, 4) is 11.5 Å². The maximum absolute atomic E-state index is 12.5. The first-order valence-corrected chi connectivity index (χ1v) is 8.39. The van der Waals surface area contributed by atoms with Gasteiger partial charge in [0.05, 0.1) is 7.11 Å². The van der Waals surface area contributed by atoms with E-state index in [1.165, 1.54) is 13.2 Å². The van der Waals surface area contributed by atoms with E-state index in [-0.39, 0.29) is 10.6 Å². The van der Waals surface area contributed by atoms with E-state index in [1.807, 2.05) is 19.9 Å². The van der Waals surface area contributed by atoms with Crippen molar-refractivity contribution in [1.29, 1.82) is 0 Å². The Hall–Kier alpha value is -1.53. The quantitative estimate of drug-likeness (QED) is 0.767. The second-order valence-corrected chi connectivity index (χ2v) is 6.96. The molecule has 4 nitrogen and oxygen atoms in total. The van der Waals surface area contributed by atoms with Crippen LogP contribution in [0.4, 0.5) is 0 Å². The summed E-state index contributed by atoms with van der Waals surface area (Å²) in [4.78, 5) is -0.0136. The highest BCUT2D eigenvalue weighted by atomic mass is 79.9. The molecule has 0 aliphatic carbocycles. The van der Waals surface area contributed by atoms with E-state index in [4.69, 9.17) is 8.92 Å². The van der Waals surface area contributed by atoms with E-state index in [1.54, 1.807) is 24.3 Å². The minimum absolute atomic E-state index is 0.0136. The molecule has 0 bridgehead atoms. The molecule has 0 aliphatic heterocycles. The molecule has 0 aliphatic rings. The Bertz CT molecular complexity index is 769. The van der Waals surface area contributed by atoms with Crippen molar-refractivity contribution >= 4 is 26.0 Å². The molecule has 0 amide bonds. The van der Waals surface area contributed by atoms with Crippen LogP contribution < -0.4 is 8.92 Å². The van der Waals surface area contributed by atoms with Crippen LogP contribution >= 0.6 is 15.9 Å². The molecule has 0 saturated carbocycles. The molecule has 0 fully saturated rings. The van der Waals surface area contributed by atoms with Crippen molar-refractivity contribution in [3.05, 3.63) is 52.0 Å². The minimum Gasteiger partial charge on any atom is -0.495 e. The Morgan fingerprint density at radius 2 is 1.76 bits per heavy atom. The highest BCUT2D eigenvalue weighted by Gasteiger charge is 2.23. The monoisotopic (exact) mass is 370 g/mol. The Balaban J connectivity index is 2.48. The third-order valence-corrected chi connectivity index (χ3v) is 4.90. The average molecular weight is 371 g/mol. The standard InChI is InChI=1S/C15H15BrO4S/c1-10-5-4-6-13(11(10)2)20-21(17,18)15-9-12(16)7-8-14(15)19-3/h4-9H,1-3H3. The maximum atomic E-state index is 12.5. The van der Waals surface area contributed by atoms with Crippen molar-refractivity contribution in [2.24, 2.45) is 0 Å². The first-order valence-electron chi connectivity index (χ1n) is 6.19. The molecule has 21 heavy (non-hydrogen) atoms. The van der Waals surface area contributed by atoms with Crippen LogP contribution in [0.15, 0.2) is 45.8 Å². The summed E-state index contributed by atoms with van der Waals surface area (Å²) in [7, 11) is -2.56. The summed E-state index contributed by atoms with van der Waals surface area (Å²) in [5, 5.41) is 0. The van der Waals surface area contributed by atoms with Gasteiger partial charge in [0.25, 0.3) is 0 Å². The van der Waals surface area contributed by atoms with Crippen molar-refractivity contribution < 1.29 is 17.3 Å². The fraction of sp³-hybridized carbons (Fsp3) is 0.200. The number of rotatable bonds is 4. The van der Waals surface area contributed by atoms with E-state index in [0.717, 1.165) is 11.1 Å². The second-order valence-electron chi connectivity index (χ2n) is 4.53. The number of halogens is 1. The minimum atomic E-state index is -3.97. The number of methoxy groups -OCH3 is 1. The average Bonchev–Trinajstić information content (AvgIpc) is 2.44. The van der Waals surface area contributed by atoms with Crippen LogP contribution in [0.25, 0.3) is 0 Å². The van der Waals surface area contributed by atoms with Crippen LogP contribution in [0, 0.1) is 13.8 Å². The van der Waals surface area contributed by atoms with E-state index < -0.39 is 10.1 Å². The summed E-state index contributed by atoms with van der Waals surface area (Å²) in [6.45, 7) is 3.72.